The molecule has 0 heterocycles. The molecule has 0 fully saturated rings. The van der Waals surface area contributed by atoms with E-state index in [0.717, 1.165) is 6.42 Å². The van der Waals surface area contributed by atoms with E-state index in [4.69, 9.17) is 0 Å². The summed E-state index contributed by atoms with van der Waals surface area (Å²) in [7, 11) is 0. The zero-order chi connectivity index (χ0) is 8.69. The van der Waals surface area contributed by atoms with Gasteiger partial charge >= 0.3 is 0 Å². The van der Waals surface area contributed by atoms with Gasteiger partial charge in [-0.1, -0.05) is 31.5 Å². The minimum atomic E-state index is 0.0774. The summed E-state index contributed by atoms with van der Waals surface area (Å²) in [6.45, 7) is 4.20. The largest absolute Gasteiger partial charge is 0.345 e. The van der Waals surface area contributed by atoms with E-state index in [-0.39, 0.29) is 5.24 Å². The molecule has 0 aromatic rings. The minimum Gasteiger partial charge on any atom is -0.345 e. The first-order valence-corrected chi connectivity index (χ1v) is 5.27. The number of carbonyl (C=O) groups is 1. The van der Waals surface area contributed by atoms with E-state index in [1.54, 1.807) is 6.26 Å². The van der Waals surface area contributed by atoms with Crippen LogP contribution in [0.15, 0.2) is 0 Å². The average Bonchev–Trinajstić information content (AvgIpc) is 2.00. The lowest BCUT2D eigenvalue weighted by molar-refractivity contribution is 0.257. The summed E-state index contributed by atoms with van der Waals surface area (Å²) >= 11 is 1.24. The Hall–Kier alpha value is -0.180. The van der Waals surface area contributed by atoms with Gasteiger partial charge < -0.3 is 5.32 Å². The Balaban J connectivity index is 3.35. The number of carbonyl (C=O) groups excluding carboxylic acids is 1. The SMILES string of the molecule is CCCC[C@H](C)NC(=O)SC. The number of amides is 1. The fourth-order valence-corrected chi connectivity index (χ4v) is 1.16. The van der Waals surface area contributed by atoms with E-state index in [2.05, 4.69) is 12.2 Å². The topological polar surface area (TPSA) is 29.1 Å². The highest BCUT2D eigenvalue weighted by Gasteiger charge is 2.03. The molecule has 3 heteroatoms. The number of rotatable bonds is 4. The van der Waals surface area contributed by atoms with E-state index < -0.39 is 0 Å². The van der Waals surface area contributed by atoms with Crippen molar-refractivity contribution in [1.82, 2.24) is 5.32 Å². The molecule has 0 radical (unpaired) electrons. The van der Waals surface area contributed by atoms with Crippen molar-refractivity contribution in [2.24, 2.45) is 0 Å². The fraction of sp³-hybridized carbons (Fsp3) is 0.875. The standard InChI is InChI=1S/C8H17NOS/c1-4-5-6-7(2)9-8(10)11-3/h7H,4-6H2,1-3H3,(H,9,10)/t7-/m0/s1. The molecule has 0 aliphatic rings. The second-order valence-corrected chi connectivity index (χ2v) is 3.46. The third kappa shape index (κ3) is 6.23. The van der Waals surface area contributed by atoms with Crippen LogP contribution < -0.4 is 5.32 Å². The molecule has 2 nitrogen and oxygen atoms in total. The predicted octanol–water partition coefficient (Wildman–Crippen LogP) is 2.64. The molecule has 1 N–H and O–H groups in total. The van der Waals surface area contributed by atoms with Gasteiger partial charge in [-0.2, -0.15) is 0 Å². The molecule has 11 heavy (non-hydrogen) atoms. The van der Waals surface area contributed by atoms with Crippen molar-refractivity contribution >= 4 is 17.0 Å². The number of thioether (sulfide) groups is 1. The monoisotopic (exact) mass is 175 g/mol. The normalized spacial score (nSPS) is 12.6. The Morgan fingerprint density at radius 2 is 2.27 bits per heavy atom. The van der Waals surface area contributed by atoms with Crippen LogP contribution in [0.3, 0.4) is 0 Å². The van der Waals surface area contributed by atoms with Crippen LogP contribution in [0.2, 0.25) is 0 Å². The lowest BCUT2D eigenvalue weighted by atomic mass is 10.1. The third-order valence-corrected chi connectivity index (χ3v) is 2.03. The van der Waals surface area contributed by atoms with Gasteiger partial charge in [0.1, 0.15) is 0 Å². The number of nitrogens with one attached hydrogen (secondary N) is 1. The highest BCUT2D eigenvalue weighted by Crippen LogP contribution is 2.02. The second-order valence-electron chi connectivity index (χ2n) is 2.68. The first-order chi connectivity index (χ1) is 5.20. The van der Waals surface area contributed by atoms with Gasteiger partial charge in [0, 0.05) is 6.04 Å². The molecule has 0 aliphatic carbocycles. The van der Waals surface area contributed by atoms with Gasteiger partial charge in [-0.3, -0.25) is 4.79 Å². The van der Waals surface area contributed by atoms with E-state index in [9.17, 15) is 4.79 Å². The molecule has 0 aromatic heterocycles. The number of hydrogen-bond donors (Lipinski definition) is 1. The van der Waals surface area contributed by atoms with Crippen LogP contribution in [0.1, 0.15) is 33.1 Å². The number of unbranched alkanes of at least 4 members (excludes halogenated alkanes) is 1. The van der Waals surface area contributed by atoms with Gasteiger partial charge in [-0.15, -0.1) is 0 Å². The quantitative estimate of drug-likeness (QED) is 0.711. The maximum atomic E-state index is 10.8. The average molecular weight is 175 g/mol. The van der Waals surface area contributed by atoms with Gasteiger partial charge in [-0.05, 0) is 19.6 Å². The maximum Gasteiger partial charge on any atom is 0.278 e. The summed E-state index contributed by atoms with van der Waals surface area (Å²) in [6.07, 6.45) is 5.26. The summed E-state index contributed by atoms with van der Waals surface area (Å²) in [5.74, 6) is 0. The number of hydrogen-bond acceptors (Lipinski definition) is 2. The Labute approximate surface area is 73.1 Å². The van der Waals surface area contributed by atoms with Crippen molar-refractivity contribution < 1.29 is 4.79 Å². The molecular formula is C8H17NOS. The summed E-state index contributed by atoms with van der Waals surface area (Å²) in [5, 5.41) is 2.97. The van der Waals surface area contributed by atoms with E-state index in [1.807, 2.05) is 6.92 Å². The molecule has 0 unspecified atom stereocenters. The maximum absolute atomic E-state index is 10.8. The molecular weight excluding hydrogens is 158 g/mol. The fourth-order valence-electron chi connectivity index (χ4n) is 0.843. The molecule has 0 aromatic carbocycles. The molecule has 0 saturated carbocycles. The van der Waals surface area contributed by atoms with Crippen LogP contribution in [-0.4, -0.2) is 17.5 Å². The smallest absolute Gasteiger partial charge is 0.278 e. The Bertz CT molecular complexity index is 117. The first-order valence-electron chi connectivity index (χ1n) is 4.05. The van der Waals surface area contributed by atoms with Crippen molar-refractivity contribution in [2.75, 3.05) is 6.26 Å². The summed E-state index contributed by atoms with van der Waals surface area (Å²) in [6, 6.07) is 0.329. The van der Waals surface area contributed by atoms with Crippen LogP contribution in [-0.2, 0) is 0 Å². The van der Waals surface area contributed by atoms with Gasteiger partial charge in [0.05, 0.1) is 0 Å². The molecule has 0 aliphatic heterocycles. The predicted molar refractivity (Wildman–Crippen MR) is 51.0 cm³/mol. The van der Waals surface area contributed by atoms with Gasteiger partial charge in [0.15, 0.2) is 0 Å². The van der Waals surface area contributed by atoms with Crippen molar-refractivity contribution in [2.45, 2.75) is 39.2 Å². The Morgan fingerprint density at radius 3 is 2.73 bits per heavy atom. The zero-order valence-electron chi connectivity index (χ0n) is 7.52. The van der Waals surface area contributed by atoms with E-state index >= 15 is 0 Å². The van der Waals surface area contributed by atoms with Crippen molar-refractivity contribution in [3.05, 3.63) is 0 Å². The lowest BCUT2D eigenvalue weighted by Gasteiger charge is -2.11. The molecule has 66 valence electrons. The third-order valence-electron chi connectivity index (χ3n) is 1.54. The van der Waals surface area contributed by atoms with Gasteiger partial charge in [0.25, 0.3) is 5.24 Å². The van der Waals surface area contributed by atoms with E-state index in [1.165, 1.54) is 24.6 Å². The Morgan fingerprint density at radius 1 is 1.64 bits per heavy atom. The highest BCUT2D eigenvalue weighted by molar-refractivity contribution is 8.12. The van der Waals surface area contributed by atoms with Gasteiger partial charge in [0.2, 0.25) is 0 Å². The highest BCUT2D eigenvalue weighted by atomic mass is 32.2. The van der Waals surface area contributed by atoms with Crippen LogP contribution in [0, 0.1) is 0 Å². The van der Waals surface area contributed by atoms with Crippen LogP contribution >= 0.6 is 11.8 Å². The van der Waals surface area contributed by atoms with E-state index in [0.29, 0.717) is 6.04 Å². The van der Waals surface area contributed by atoms with Crippen LogP contribution in [0.5, 0.6) is 0 Å². The Kier molecular flexibility index (Phi) is 6.42. The second kappa shape index (κ2) is 6.53. The zero-order valence-corrected chi connectivity index (χ0v) is 8.33. The summed E-state index contributed by atoms with van der Waals surface area (Å²) in [4.78, 5) is 10.8. The minimum absolute atomic E-state index is 0.0774. The van der Waals surface area contributed by atoms with Crippen LogP contribution in [0.4, 0.5) is 4.79 Å². The van der Waals surface area contributed by atoms with Crippen molar-refractivity contribution in [1.29, 1.82) is 0 Å². The van der Waals surface area contributed by atoms with Crippen molar-refractivity contribution in [3.8, 4) is 0 Å². The van der Waals surface area contributed by atoms with Crippen molar-refractivity contribution in [3.63, 3.8) is 0 Å². The molecule has 0 bridgehead atoms. The molecule has 0 rings (SSSR count). The summed E-state index contributed by atoms with van der Waals surface area (Å²) < 4.78 is 0. The molecule has 1 atom stereocenters. The first kappa shape index (κ1) is 10.8. The molecule has 0 saturated heterocycles. The molecule has 0 spiro atoms. The van der Waals surface area contributed by atoms with Crippen LogP contribution in [0.25, 0.3) is 0 Å². The van der Waals surface area contributed by atoms with Gasteiger partial charge in [-0.25, -0.2) is 0 Å². The lowest BCUT2D eigenvalue weighted by Crippen LogP contribution is -2.28. The molecule has 1 amide bonds. The summed E-state index contributed by atoms with van der Waals surface area (Å²) in [5.41, 5.74) is 0.